The van der Waals surface area contributed by atoms with Crippen LogP contribution in [0.5, 0.6) is 0 Å². The van der Waals surface area contributed by atoms with E-state index in [1.165, 1.54) is 12.8 Å². The van der Waals surface area contributed by atoms with E-state index in [9.17, 15) is 8.42 Å². The van der Waals surface area contributed by atoms with Crippen LogP contribution in [0.1, 0.15) is 46.0 Å². The van der Waals surface area contributed by atoms with Crippen LogP contribution in [0.15, 0.2) is 0 Å². The highest BCUT2D eigenvalue weighted by Crippen LogP contribution is 2.12. The summed E-state index contributed by atoms with van der Waals surface area (Å²) in [6.45, 7) is 4.44. The third kappa shape index (κ3) is 9.95. The summed E-state index contributed by atoms with van der Waals surface area (Å²) >= 11 is 0. The van der Waals surface area contributed by atoms with Gasteiger partial charge in [0.2, 0.25) is 0 Å². The van der Waals surface area contributed by atoms with Crippen LogP contribution in [0, 0.1) is 5.92 Å². The molecule has 1 unspecified atom stereocenters. The van der Waals surface area contributed by atoms with E-state index in [-0.39, 0.29) is 6.61 Å². The molecule has 0 heterocycles. The second-order valence-electron chi connectivity index (χ2n) is 3.61. The van der Waals surface area contributed by atoms with Crippen LogP contribution in [0.2, 0.25) is 0 Å². The van der Waals surface area contributed by atoms with Crippen LogP contribution in [-0.4, -0.2) is 19.6 Å². The maximum Gasteiger partial charge on any atom is 0.397 e. The molecule has 0 rings (SSSR count). The average molecular weight is 224 g/mol. The van der Waals surface area contributed by atoms with Gasteiger partial charge in [-0.15, -0.1) is 0 Å². The van der Waals surface area contributed by atoms with Gasteiger partial charge in [-0.25, -0.2) is 4.18 Å². The molecule has 0 saturated carbocycles. The Labute approximate surface area is 86.6 Å². The summed E-state index contributed by atoms with van der Waals surface area (Å²) in [5.41, 5.74) is 0. The lowest BCUT2D eigenvalue weighted by molar-refractivity contribution is 0.260. The molecule has 1 N–H and O–H groups in total. The highest BCUT2D eigenvalue weighted by atomic mass is 32.3. The molecule has 0 saturated heterocycles. The summed E-state index contributed by atoms with van der Waals surface area (Å²) in [5, 5.41) is 0. The number of unbranched alkanes of at least 4 members (excludes halogenated alkanes) is 2. The second kappa shape index (κ2) is 7.20. The molecule has 0 aromatic rings. The molecule has 0 spiro atoms. The van der Waals surface area contributed by atoms with Crippen molar-refractivity contribution in [1.82, 2.24) is 0 Å². The average Bonchev–Trinajstić information content (AvgIpc) is 2.08. The maximum absolute atomic E-state index is 10.2. The Morgan fingerprint density at radius 3 is 2.43 bits per heavy atom. The summed E-state index contributed by atoms with van der Waals surface area (Å²) in [5.74, 6) is 0.734. The van der Waals surface area contributed by atoms with Gasteiger partial charge in [0.1, 0.15) is 0 Å². The summed E-state index contributed by atoms with van der Waals surface area (Å²) in [6.07, 6.45) is 5.06. The zero-order chi connectivity index (χ0) is 11.0. The zero-order valence-electron chi connectivity index (χ0n) is 8.90. The topological polar surface area (TPSA) is 63.6 Å². The second-order valence-corrected chi connectivity index (χ2v) is 4.70. The van der Waals surface area contributed by atoms with Crippen molar-refractivity contribution in [3.8, 4) is 0 Å². The van der Waals surface area contributed by atoms with Crippen LogP contribution in [0.25, 0.3) is 0 Å². The molecule has 0 bridgehead atoms. The summed E-state index contributed by atoms with van der Waals surface area (Å²) in [4.78, 5) is 0. The smallest absolute Gasteiger partial charge is 0.264 e. The minimum Gasteiger partial charge on any atom is -0.264 e. The van der Waals surface area contributed by atoms with Crippen molar-refractivity contribution in [2.45, 2.75) is 46.0 Å². The Hall–Kier alpha value is -0.130. The van der Waals surface area contributed by atoms with Gasteiger partial charge in [0.05, 0.1) is 6.61 Å². The van der Waals surface area contributed by atoms with Crippen LogP contribution in [0.4, 0.5) is 0 Å². The first-order valence-electron chi connectivity index (χ1n) is 5.07. The van der Waals surface area contributed by atoms with E-state index in [0.717, 1.165) is 18.8 Å². The summed E-state index contributed by atoms with van der Waals surface area (Å²) < 4.78 is 32.7. The van der Waals surface area contributed by atoms with Crippen molar-refractivity contribution in [2.75, 3.05) is 6.61 Å². The van der Waals surface area contributed by atoms with E-state index in [2.05, 4.69) is 18.0 Å². The minimum atomic E-state index is -4.23. The molecule has 4 nitrogen and oxygen atoms in total. The Balaban J connectivity index is 3.23. The molecule has 0 aromatic heterocycles. The van der Waals surface area contributed by atoms with Crippen molar-refractivity contribution < 1.29 is 17.2 Å². The van der Waals surface area contributed by atoms with Crippen molar-refractivity contribution in [3.05, 3.63) is 0 Å². The minimum absolute atomic E-state index is 0.0827. The van der Waals surface area contributed by atoms with Crippen LogP contribution >= 0.6 is 0 Å². The lowest BCUT2D eigenvalue weighted by Gasteiger charge is -2.06. The monoisotopic (exact) mass is 224 g/mol. The van der Waals surface area contributed by atoms with Gasteiger partial charge in [-0.2, -0.15) is 8.42 Å². The number of hydrogen-bond donors (Lipinski definition) is 1. The molecule has 0 aliphatic carbocycles. The molecule has 14 heavy (non-hydrogen) atoms. The van der Waals surface area contributed by atoms with Gasteiger partial charge in [-0.05, 0) is 12.3 Å². The van der Waals surface area contributed by atoms with Gasteiger partial charge in [0.25, 0.3) is 0 Å². The number of hydrogen-bond acceptors (Lipinski definition) is 3. The van der Waals surface area contributed by atoms with Gasteiger partial charge < -0.3 is 0 Å². The molecule has 1 atom stereocenters. The molecule has 0 radical (unpaired) electrons. The zero-order valence-corrected chi connectivity index (χ0v) is 9.72. The highest BCUT2D eigenvalue weighted by Gasteiger charge is 2.03. The summed E-state index contributed by atoms with van der Waals surface area (Å²) in [7, 11) is -4.23. The normalized spacial score (nSPS) is 14.2. The largest absolute Gasteiger partial charge is 0.397 e. The SMILES string of the molecule is CCC(C)CCCCCOS(=O)(=O)O. The lowest BCUT2D eigenvalue weighted by Crippen LogP contribution is -2.04. The van der Waals surface area contributed by atoms with E-state index in [4.69, 9.17) is 4.55 Å². The Morgan fingerprint density at radius 2 is 1.93 bits per heavy atom. The molecular formula is C9H20O4S. The fourth-order valence-corrected chi connectivity index (χ4v) is 1.47. The van der Waals surface area contributed by atoms with Crippen LogP contribution in [0.3, 0.4) is 0 Å². The van der Waals surface area contributed by atoms with E-state index in [1.807, 2.05) is 0 Å². The van der Waals surface area contributed by atoms with Crippen molar-refractivity contribution in [3.63, 3.8) is 0 Å². The first-order chi connectivity index (χ1) is 6.45. The first-order valence-corrected chi connectivity index (χ1v) is 6.44. The van der Waals surface area contributed by atoms with Gasteiger partial charge in [0, 0.05) is 0 Å². The van der Waals surface area contributed by atoms with Crippen LogP contribution in [-0.2, 0) is 14.6 Å². The molecule has 86 valence electrons. The van der Waals surface area contributed by atoms with Gasteiger partial charge in [0.15, 0.2) is 0 Å². The molecular weight excluding hydrogens is 204 g/mol. The lowest BCUT2D eigenvalue weighted by atomic mass is 10.0. The maximum atomic E-state index is 10.2. The van der Waals surface area contributed by atoms with Crippen molar-refractivity contribution in [1.29, 1.82) is 0 Å². The standard InChI is InChI=1S/C9H20O4S/c1-3-9(2)7-5-4-6-8-13-14(10,11)12/h9H,3-8H2,1-2H3,(H,10,11,12). The third-order valence-corrected chi connectivity index (χ3v) is 2.73. The van der Waals surface area contributed by atoms with E-state index < -0.39 is 10.4 Å². The summed E-state index contributed by atoms with van der Waals surface area (Å²) in [6, 6.07) is 0. The molecule has 0 aliphatic heterocycles. The molecule has 0 aromatic carbocycles. The Kier molecular flexibility index (Phi) is 7.13. The fourth-order valence-electron chi connectivity index (χ4n) is 1.14. The Morgan fingerprint density at radius 1 is 1.29 bits per heavy atom. The highest BCUT2D eigenvalue weighted by molar-refractivity contribution is 7.80. The molecule has 5 heteroatoms. The van der Waals surface area contributed by atoms with Gasteiger partial charge in [-0.1, -0.05) is 39.5 Å². The van der Waals surface area contributed by atoms with Gasteiger partial charge >= 0.3 is 10.4 Å². The first kappa shape index (κ1) is 13.9. The molecule has 0 aliphatic rings. The van der Waals surface area contributed by atoms with E-state index >= 15 is 0 Å². The quantitative estimate of drug-likeness (QED) is 0.508. The fraction of sp³-hybridized carbons (Fsp3) is 1.00. The van der Waals surface area contributed by atoms with E-state index in [0.29, 0.717) is 6.42 Å². The predicted octanol–water partition coefficient (Wildman–Crippen LogP) is 2.41. The Bertz CT molecular complexity index is 223. The van der Waals surface area contributed by atoms with Crippen molar-refractivity contribution >= 4 is 10.4 Å². The number of rotatable bonds is 8. The van der Waals surface area contributed by atoms with E-state index in [1.54, 1.807) is 0 Å². The molecule has 0 amide bonds. The predicted molar refractivity (Wildman–Crippen MR) is 55.4 cm³/mol. The third-order valence-electron chi connectivity index (χ3n) is 2.27. The van der Waals surface area contributed by atoms with Gasteiger partial charge in [-0.3, -0.25) is 4.55 Å². The van der Waals surface area contributed by atoms with Crippen molar-refractivity contribution in [2.24, 2.45) is 5.92 Å². The van der Waals surface area contributed by atoms with Crippen LogP contribution < -0.4 is 0 Å². The molecule has 0 fully saturated rings.